The summed E-state index contributed by atoms with van der Waals surface area (Å²) < 4.78 is 11.4. The summed E-state index contributed by atoms with van der Waals surface area (Å²) >= 11 is 0. The van der Waals surface area contributed by atoms with Gasteiger partial charge in [-0.15, -0.1) is 12.3 Å². The third-order valence-corrected chi connectivity index (χ3v) is 5.26. The van der Waals surface area contributed by atoms with Gasteiger partial charge in [-0.05, 0) is 39.5 Å². The van der Waals surface area contributed by atoms with E-state index in [0.29, 0.717) is 32.0 Å². The molecule has 164 valence electrons. The summed E-state index contributed by atoms with van der Waals surface area (Å²) in [5, 5.41) is 3.01. The molecule has 2 saturated heterocycles. The van der Waals surface area contributed by atoms with E-state index in [-0.39, 0.29) is 18.4 Å². The van der Waals surface area contributed by atoms with E-state index in [4.69, 9.17) is 15.9 Å². The monoisotopic (exact) mass is 407 g/mol. The van der Waals surface area contributed by atoms with Crippen molar-refractivity contribution in [3.8, 4) is 12.3 Å². The molecule has 7 heteroatoms. The number of ether oxygens (including phenoxy) is 2. The van der Waals surface area contributed by atoms with Gasteiger partial charge < -0.3 is 14.8 Å². The first-order valence-electron chi connectivity index (χ1n) is 10.6. The second-order valence-corrected chi connectivity index (χ2v) is 9.50. The molecular weight excluding hydrogens is 370 g/mol. The van der Waals surface area contributed by atoms with Crippen LogP contribution in [0.5, 0.6) is 0 Å². The third kappa shape index (κ3) is 6.35. The van der Waals surface area contributed by atoms with Gasteiger partial charge in [-0.2, -0.15) is 0 Å². The quantitative estimate of drug-likeness (QED) is 0.684. The highest BCUT2D eigenvalue weighted by Gasteiger charge is 2.50. The van der Waals surface area contributed by atoms with Gasteiger partial charge in [-0.1, -0.05) is 13.8 Å². The van der Waals surface area contributed by atoms with Crippen LogP contribution in [0, 0.1) is 18.3 Å². The van der Waals surface area contributed by atoms with Gasteiger partial charge in [0.05, 0.1) is 12.7 Å². The second-order valence-electron chi connectivity index (χ2n) is 9.50. The first-order chi connectivity index (χ1) is 13.6. The Morgan fingerprint density at radius 3 is 2.69 bits per heavy atom. The van der Waals surface area contributed by atoms with Gasteiger partial charge >= 0.3 is 6.09 Å². The smallest absolute Gasteiger partial charge is 0.411 e. The van der Waals surface area contributed by atoms with Crippen LogP contribution in [0.4, 0.5) is 4.79 Å². The normalized spacial score (nSPS) is 25.7. The maximum atomic E-state index is 13.2. The first-order valence-corrected chi connectivity index (χ1v) is 10.6. The lowest BCUT2D eigenvalue weighted by Crippen LogP contribution is -2.59. The van der Waals surface area contributed by atoms with Crippen LogP contribution in [-0.2, 0) is 14.3 Å². The van der Waals surface area contributed by atoms with E-state index in [9.17, 15) is 9.59 Å². The predicted octanol–water partition coefficient (Wildman–Crippen LogP) is 2.25. The third-order valence-electron chi connectivity index (χ3n) is 5.26. The van der Waals surface area contributed by atoms with Crippen molar-refractivity contribution in [1.82, 2.24) is 15.1 Å². The molecule has 0 aromatic heterocycles. The van der Waals surface area contributed by atoms with E-state index in [0.717, 1.165) is 26.1 Å². The topological polar surface area (TPSA) is 71.1 Å². The molecule has 2 rings (SSSR count). The van der Waals surface area contributed by atoms with Crippen LogP contribution in [0.3, 0.4) is 0 Å². The summed E-state index contributed by atoms with van der Waals surface area (Å²) in [6, 6.07) is 0. The molecule has 0 radical (unpaired) electrons. The Bertz CT molecular complexity index is 623. The maximum Gasteiger partial charge on any atom is 0.411 e. The number of morpholine rings is 1. The number of amides is 2. The standard InChI is InChI=1S/C22H37N3O4/c1-7-9-22(10-8-11-25(22)20(27)29-21(4,5)6)19(26)23-14-18-16-24(12-13-28-18)15-17(2)3/h1,17-18H,8-16H2,2-6H3,(H,23,26). The predicted molar refractivity (Wildman–Crippen MR) is 112 cm³/mol. The molecule has 0 aromatic rings. The molecule has 7 nitrogen and oxygen atoms in total. The van der Waals surface area contributed by atoms with Crippen LogP contribution in [0.1, 0.15) is 53.9 Å². The van der Waals surface area contributed by atoms with Gasteiger partial charge in [-0.25, -0.2) is 4.79 Å². The molecule has 2 aliphatic heterocycles. The average Bonchev–Trinajstić information content (AvgIpc) is 3.03. The molecule has 0 bridgehead atoms. The van der Waals surface area contributed by atoms with Crippen LogP contribution in [-0.4, -0.2) is 78.4 Å². The Labute approximate surface area is 175 Å². The molecule has 2 amide bonds. The molecule has 2 atom stereocenters. The second kappa shape index (κ2) is 9.82. The van der Waals surface area contributed by atoms with E-state index in [2.05, 4.69) is 30.0 Å². The summed E-state index contributed by atoms with van der Waals surface area (Å²) in [6.45, 7) is 14.1. The minimum absolute atomic E-state index is 0.0642. The minimum Gasteiger partial charge on any atom is -0.444 e. The Morgan fingerprint density at radius 1 is 1.34 bits per heavy atom. The van der Waals surface area contributed by atoms with Gasteiger partial charge in [0, 0.05) is 39.1 Å². The molecule has 2 aliphatic rings. The molecule has 2 heterocycles. The van der Waals surface area contributed by atoms with Gasteiger partial charge in [0.2, 0.25) is 5.91 Å². The van der Waals surface area contributed by atoms with Gasteiger partial charge in [-0.3, -0.25) is 14.6 Å². The Balaban J connectivity index is 2.03. The summed E-state index contributed by atoms with van der Waals surface area (Å²) in [6.07, 6.45) is 6.46. The fourth-order valence-corrected chi connectivity index (χ4v) is 4.09. The molecule has 0 aromatic carbocycles. The molecule has 29 heavy (non-hydrogen) atoms. The first kappa shape index (κ1) is 23.5. The molecule has 0 spiro atoms. The zero-order chi connectivity index (χ0) is 21.7. The number of rotatable bonds is 6. The maximum absolute atomic E-state index is 13.2. The van der Waals surface area contributed by atoms with E-state index < -0.39 is 17.2 Å². The average molecular weight is 408 g/mol. The van der Waals surface area contributed by atoms with E-state index >= 15 is 0 Å². The summed E-state index contributed by atoms with van der Waals surface area (Å²) in [5.41, 5.74) is -1.68. The fourth-order valence-electron chi connectivity index (χ4n) is 4.09. The highest BCUT2D eigenvalue weighted by atomic mass is 16.6. The Kier molecular flexibility index (Phi) is 7.95. The Morgan fingerprint density at radius 2 is 2.07 bits per heavy atom. The summed E-state index contributed by atoms with van der Waals surface area (Å²) in [4.78, 5) is 29.8. The largest absolute Gasteiger partial charge is 0.444 e. The highest BCUT2D eigenvalue weighted by Crippen LogP contribution is 2.34. The van der Waals surface area contributed by atoms with Crippen molar-refractivity contribution < 1.29 is 19.1 Å². The number of hydrogen-bond donors (Lipinski definition) is 1. The lowest BCUT2D eigenvalue weighted by Gasteiger charge is -2.38. The van der Waals surface area contributed by atoms with Crippen molar-refractivity contribution in [3.63, 3.8) is 0 Å². The lowest BCUT2D eigenvalue weighted by molar-refractivity contribution is -0.132. The number of nitrogens with one attached hydrogen (secondary N) is 1. The number of hydrogen-bond acceptors (Lipinski definition) is 5. The number of likely N-dealkylation sites (tertiary alicyclic amines) is 1. The number of nitrogens with zero attached hydrogens (tertiary/aromatic N) is 2. The van der Waals surface area contributed by atoms with Crippen molar-refractivity contribution >= 4 is 12.0 Å². The van der Waals surface area contributed by atoms with Crippen LogP contribution in [0.25, 0.3) is 0 Å². The number of carbonyl (C=O) groups excluding carboxylic acids is 2. The molecule has 0 saturated carbocycles. The number of terminal acetylenes is 1. The van der Waals surface area contributed by atoms with Gasteiger partial charge in [0.15, 0.2) is 0 Å². The van der Waals surface area contributed by atoms with Crippen LogP contribution < -0.4 is 5.32 Å². The van der Waals surface area contributed by atoms with Crippen LogP contribution in [0.15, 0.2) is 0 Å². The molecular formula is C22H37N3O4. The van der Waals surface area contributed by atoms with Crippen molar-refractivity contribution in [3.05, 3.63) is 0 Å². The van der Waals surface area contributed by atoms with Crippen molar-refractivity contribution in [2.75, 3.05) is 39.3 Å². The van der Waals surface area contributed by atoms with E-state index in [1.165, 1.54) is 4.90 Å². The van der Waals surface area contributed by atoms with E-state index in [1.54, 1.807) is 0 Å². The zero-order valence-electron chi connectivity index (χ0n) is 18.6. The number of carbonyl (C=O) groups is 2. The summed E-state index contributed by atoms with van der Waals surface area (Å²) in [7, 11) is 0. The molecule has 1 N–H and O–H groups in total. The van der Waals surface area contributed by atoms with Crippen molar-refractivity contribution in [2.45, 2.75) is 71.1 Å². The van der Waals surface area contributed by atoms with Gasteiger partial charge in [0.1, 0.15) is 11.1 Å². The highest BCUT2D eigenvalue weighted by molar-refractivity contribution is 5.91. The lowest BCUT2D eigenvalue weighted by atomic mass is 9.91. The zero-order valence-corrected chi connectivity index (χ0v) is 18.6. The summed E-state index contributed by atoms with van der Waals surface area (Å²) in [5.74, 6) is 2.96. The van der Waals surface area contributed by atoms with Gasteiger partial charge in [0.25, 0.3) is 0 Å². The SMILES string of the molecule is C#CCC1(C(=O)NCC2CN(CC(C)C)CCO2)CCCN1C(=O)OC(C)(C)C. The molecule has 2 unspecified atom stereocenters. The molecule has 2 fully saturated rings. The molecule has 0 aliphatic carbocycles. The van der Waals surface area contributed by atoms with Crippen LogP contribution in [0.2, 0.25) is 0 Å². The van der Waals surface area contributed by atoms with E-state index in [1.807, 2.05) is 20.8 Å². The Hall–Kier alpha value is -1.78. The fraction of sp³-hybridized carbons (Fsp3) is 0.818. The minimum atomic E-state index is -1.05. The van der Waals surface area contributed by atoms with Crippen molar-refractivity contribution in [2.24, 2.45) is 5.92 Å². The van der Waals surface area contributed by atoms with Crippen LogP contribution >= 0.6 is 0 Å². The van der Waals surface area contributed by atoms with Crippen molar-refractivity contribution in [1.29, 1.82) is 0 Å².